The number of fused-ring (bicyclic) bond motifs is 1. The van der Waals surface area contributed by atoms with E-state index in [0.717, 1.165) is 0 Å². The minimum absolute atomic E-state index is 0.194. The molecule has 2 aliphatic rings. The molecular weight excluding hydrogens is 276 g/mol. The highest BCUT2D eigenvalue weighted by atomic mass is 19.3. The number of esters is 1. The number of hydrogen-bond donors (Lipinski definition) is 1. The lowest BCUT2D eigenvalue weighted by atomic mass is 9.98. The summed E-state index contributed by atoms with van der Waals surface area (Å²) in [5.74, 6) is -16.6. The average molecular weight is 286 g/mol. The smallest absolute Gasteiger partial charge is 0.415 e. The summed E-state index contributed by atoms with van der Waals surface area (Å²) in [5.41, 5.74) is 0. The van der Waals surface area contributed by atoms with Crippen LogP contribution in [-0.2, 0) is 19.1 Å². The van der Waals surface area contributed by atoms with E-state index in [2.05, 4.69) is 4.74 Å². The summed E-state index contributed by atoms with van der Waals surface area (Å²) < 4.78 is 61.0. The highest BCUT2D eigenvalue weighted by Crippen LogP contribution is 2.41. The molecular formula is C10H10F4O5. The standard InChI is InChI=1S/C10H10F4O5/c11-9(12,7(15)16)10(13,14)8(17)19-5-3-1-2-4-6(5)18-4/h4-6H,1-3H2,(H,15,16). The van der Waals surface area contributed by atoms with E-state index in [4.69, 9.17) is 9.84 Å². The van der Waals surface area contributed by atoms with Crippen LogP contribution in [0.3, 0.4) is 0 Å². The second-order valence-corrected chi connectivity index (χ2v) is 4.47. The molecule has 3 atom stereocenters. The minimum atomic E-state index is -5.51. The Bertz CT molecular complexity index is 411. The normalized spacial score (nSPS) is 30.4. The van der Waals surface area contributed by atoms with E-state index in [1.165, 1.54) is 0 Å². The lowest BCUT2D eigenvalue weighted by molar-refractivity contribution is -0.238. The highest BCUT2D eigenvalue weighted by molar-refractivity contribution is 5.89. The molecule has 5 nitrogen and oxygen atoms in total. The van der Waals surface area contributed by atoms with Crippen LogP contribution in [-0.4, -0.2) is 47.2 Å². The predicted octanol–water partition coefficient (Wildman–Crippen LogP) is 1.20. The van der Waals surface area contributed by atoms with Gasteiger partial charge in [-0.2, -0.15) is 17.6 Å². The third-order valence-electron chi connectivity index (χ3n) is 3.14. The fraction of sp³-hybridized carbons (Fsp3) is 0.800. The zero-order chi connectivity index (χ0) is 14.4. The molecule has 1 aliphatic carbocycles. The Morgan fingerprint density at radius 3 is 2.37 bits per heavy atom. The molecule has 0 bridgehead atoms. The third kappa shape index (κ3) is 2.26. The molecule has 0 aromatic rings. The summed E-state index contributed by atoms with van der Waals surface area (Å²) >= 11 is 0. The number of carboxylic acid groups (broad SMARTS) is 1. The fourth-order valence-electron chi connectivity index (χ4n) is 2.00. The molecule has 0 aromatic carbocycles. The number of aliphatic carboxylic acids is 1. The SMILES string of the molecule is O=C(O)C(F)(F)C(F)(F)C(=O)OC1CCCC2OC12. The van der Waals surface area contributed by atoms with Gasteiger partial charge in [0.25, 0.3) is 0 Å². The Kier molecular flexibility index (Phi) is 3.20. The first-order valence-corrected chi connectivity index (χ1v) is 5.53. The lowest BCUT2D eigenvalue weighted by Gasteiger charge is -2.25. The molecule has 1 N–H and O–H groups in total. The lowest BCUT2D eigenvalue weighted by Crippen LogP contribution is -2.54. The predicted molar refractivity (Wildman–Crippen MR) is 49.9 cm³/mol. The zero-order valence-corrected chi connectivity index (χ0v) is 9.45. The van der Waals surface area contributed by atoms with Crippen LogP contribution < -0.4 is 0 Å². The molecule has 2 rings (SSSR count). The van der Waals surface area contributed by atoms with E-state index in [9.17, 15) is 27.2 Å². The van der Waals surface area contributed by atoms with Gasteiger partial charge in [-0.3, -0.25) is 0 Å². The van der Waals surface area contributed by atoms with Crippen LogP contribution in [0.4, 0.5) is 17.6 Å². The fourth-order valence-corrected chi connectivity index (χ4v) is 2.00. The summed E-state index contributed by atoms with van der Waals surface area (Å²) in [7, 11) is 0. The number of carboxylic acids is 1. The van der Waals surface area contributed by atoms with Crippen molar-refractivity contribution in [2.45, 2.75) is 49.4 Å². The van der Waals surface area contributed by atoms with Crippen LogP contribution in [0.2, 0.25) is 0 Å². The Morgan fingerprint density at radius 2 is 1.79 bits per heavy atom. The van der Waals surface area contributed by atoms with Crippen molar-refractivity contribution in [2.24, 2.45) is 0 Å². The maximum absolute atomic E-state index is 13.1. The van der Waals surface area contributed by atoms with Crippen LogP contribution in [0, 0.1) is 0 Å². The number of hydrogen-bond acceptors (Lipinski definition) is 4. The Labute approximate surface area is 104 Å². The first-order chi connectivity index (χ1) is 8.68. The largest absolute Gasteiger partial charge is 0.477 e. The van der Waals surface area contributed by atoms with Crippen molar-refractivity contribution in [3.05, 3.63) is 0 Å². The Morgan fingerprint density at radius 1 is 1.16 bits per heavy atom. The molecule has 0 radical (unpaired) electrons. The van der Waals surface area contributed by atoms with E-state index in [0.29, 0.717) is 12.8 Å². The second-order valence-electron chi connectivity index (χ2n) is 4.47. The molecule has 108 valence electrons. The Balaban J connectivity index is 2.04. The van der Waals surface area contributed by atoms with Crippen LogP contribution in [0.5, 0.6) is 0 Å². The van der Waals surface area contributed by atoms with E-state index < -0.39 is 36.0 Å². The number of halogens is 4. The first kappa shape index (κ1) is 14.0. The first-order valence-electron chi connectivity index (χ1n) is 5.53. The van der Waals surface area contributed by atoms with E-state index >= 15 is 0 Å². The summed E-state index contributed by atoms with van der Waals surface area (Å²) in [4.78, 5) is 21.2. The van der Waals surface area contributed by atoms with Gasteiger partial charge in [0.05, 0.1) is 6.10 Å². The van der Waals surface area contributed by atoms with Gasteiger partial charge in [0.15, 0.2) is 0 Å². The monoisotopic (exact) mass is 286 g/mol. The molecule has 0 spiro atoms. The maximum atomic E-state index is 13.1. The third-order valence-corrected chi connectivity index (χ3v) is 3.14. The summed E-state index contributed by atoms with van der Waals surface area (Å²) in [6, 6.07) is 0. The van der Waals surface area contributed by atoms with Gasteiger partial charge in [-0.15, -0.1) is 0 Å². The van der Waals surface area contributed by atoms with Gasteiger partial charge in [0.1, 0.15) is 12.2 Å². The number of carbonyl (C=O) groups is 2. The number of epoxide rings is 1. The van der Waals surface area contributed by atoms with E-state index in [-0.39, 0.29) is 12.5 Å². The second kappa shape index (κ2) is 4.32. The van der Waals surface area contributed by atoms with Gasteiger partial charge in [-0.25, -0.2) is 9.59 Å². The molecule has 1 aliphatic heterocycles. The van der Waals surface area contributed by atoms with Crippen molar-refractivity contribution in [3.8, 4) is 0 Å². The highest BCUT2D eigenvalue weighted by Gasteiger charge is 2.69. The van der Waals surface area contributed by atoms with E-state index in [1.54, 1.807) is 0 Å². The molecule has 3 unspecified atom stereocenters. The van der Waals surface area contributed by atoms with Gasteiger partial charge < -0.3 is 14.6 Å². The van der Waals surface area contributed by atoms with Crippen molar-refractivity contribution >= 4 is 11.9 Å². The van der Waals surface area contributed by atoms with Crippen LogP contribution in [0.1, 0.15) is 19.3 Å². The minimum Gasteiger partial charge on any atom is -0.477 e. The number of carbonyl (C=O) groups excluding carboxylic acids is 1. The molecule has 1 heterocycles. The van der Waals surface area contributed by atoms with Gasteiger partial charge in [0.2, 0.25) is 0 Å². The van der Waals surface area contributed by atoms with Crippen molar-refractivity contribution in [3.63, 3.8) is 0 Å². The van der Waals surface area contributed by atoms with Gasteiger partial charge in [-0.05, 0) is 19.3 Å². The van der Waals surface area contributed by atoms with Gasteiger partial charge in [-0.1, -0.05) is 0 Å². The number of ether oxygens (including phenoxy) is 2. The van der Waals surface area contributed by atoms with Crippen molar-refractivity contribution in [1.82, 2.24) is 0 Å². The molecule has 9 heteroatoms. The summed E-state index contributed by atoms with van der Waals surface area (Å²) in [6.45, 7) is 0. The van der Waals surface area contributed by atoms with Gasteiger partial charge >= 0.3 is 23.8 Å². The Hall–Kier alpha value is -1.38. The molecule has 2 fully saturated rings. The average Bonchev–Trinajstić information content (AvgIpc) is 3.08. The quantitative estimate of drug-likeness (QED) is 0.477. The molecule has 1 saturated heterocycles. The molecule has 1 saturated carbocycles. The van der Waals surface area contributed by atoms with Crippen LogP contribution in [0.15, 0.2) is 0 Å². The maximum Gasteiger partial charge on any atom is 0.415 e. The topological polar surface area (TPSA) is 76.1 Å². The van der Waals surface area contributed by atoms with Gasteiger partial charge in [0, 0.05) is 0 Å². The molecule has 0 amide bonds. The van der Waals surface area contributed by atoms with Crippen LogP contribution >= 0.6 is 0 Å². The van der Waals surface area contributed by atoms with E-state index in [1.807, 2.05) is 0 Å². The van der Waals surface area contributed by atoms with Crippen molar-refractivity contribution < 1.29 is 41.7 Å². The summed E-state index contributed by atoms with van der Waals surface area (Å²) in [5, 5.41) is 8.03. The summed E-state index contributed by atoms with van der Waals surface area (Å²) in [6.07, 6.45) is -0.295. The number of rotatable bonds is 4. The molecule has 0 aromatic heterocycles. The van der Waals surface area contributed by atoms with Crippen molar-refractivity contribution in [1.29, 1.82) is 0 Å². The number of alkyl halides is 4. The van der Waals surface area contributed by atoms with Crippen LogP contribution in [0.25, 0.3) is 0 Å². The van der Waals surface area contributed by atoms with Crippen molar-refractivity contribution in [2.75, 3.05) is 0 Å². The zero-order valence-electron chi connectivity index (χ0n) is 9.45. The molecule has 19 heavy (non-hydrogen) atoms.